The van der Waals surface area contributed by atoms with E-state index in [0.29, 0.717) is 0 Å². The van der Waals surface area contributed by atoms with Crippen molar-refractivity contribution in [3.8, 4) is 0 Å². The van der Waals surface area contributed by atoms with Crippen molar-refractivity contribution in [2.75, 3.05) is 13.1 Å². The highest BCUT2D eigenvalue weighted by Crippen LogP contribution is 2.16. The summed E-state index contributed by atoms with van der Waals surface area (Å²) in [6.07, 6.45) is 4.75. The lowest BCUT2D eigenvalue weighted by Crippen LogP contribution is -3.13. The molecule has 1 aliphatic heterocycles. The zero-order valence-corrected chi connectivity index (χ0v) is 15.5. The van der Waals surface area contributed by atoms with E-state index in [0.717, 1.165) is 57.6 Å². The van der Waals surface area contributed by atoms with Gasteiger partial charge in [0.15, 0.2) is 0 Å². The second-order valence-corrected chi connectivity index (χ2v) is 7.17. The summed E-state index contributed by atoms with van der Waals surface area (Å²) in [6.45, 7) is 4.87. The molecule has 1 aromatic heterocycles. The number of carbonyl (C=O) groups excluding carboxylic acids is 1. The number of nitrogens with one attached hydrogen (secondary N) is 1. The first kappa shape index (κ1) is 18.5. The van der Waals surface area contributed by atoms with Gasteiger partial charge in [0.2, 0.25) is 11.7 Å². The molecule has 1 amide bonds. The van der Waals surface area contributed by atoms with Crippen molar-refractivity contribution in [3.05, 3.63) is 41.7 Å². The smallest absolute Gasteiger partial charge is 0.220 e. The Hall–Kier alpha value is -2.28. The van der Waals surface area contributed by atoms with Gasteiger partial charge < -0.3 is 10.6 Å². The number of aryl methyl sites for hydroxylation is 2. The molecule has 0 spiro atoms. The fraction of sp³-hybridized carbons (Fsp3) is 0.579. The van der Waals surface area contributed by atoms with Crippen LogP contribution in [-0.4, -0.2) is 39.2 Å². The average Bonchev–Trinajstić information content (AvgIpc) is 3.13. The molecule has 1 saturated heterocycles. The molecule has 1 aromatic carbocycles. The van der Waals surface area contributed by atoms with Crippen molar-refractivity contribution in [1.29, 1.82) is 0 Å². The minimum Gasteiger partial charge on any atom is -0.369 e. The second kappa shape index (κ2) is 8.89. The zero-order valence-electron chi connectivity index (χ0n) is 15.5. The van der Waals surface area contributed by atoms with Crippen LogP contribution in [0.15, 0.2) is 30.3 Å². The topological polar surface area (TPSA) is 91.1 Å². The number of hydrogen-bond acceptors (Lipinski definition) is 4. The van der Waals surface area contributed by atoms with Crippen LogP contribution in [0.25, 0.3) is 0 Å². The van der Waals surface area contributed by atoms with E-state index in [-0.39, 0.29) is 17.9 Å². The van der Waals surface area contributed by atoms with E-state index >= 15 is 0 Å². The van der Waals surface area contributed by atoms with Gasteiger partial charge in [-0.05, 0) is 22.4 Å². The summed E-state index contributed by atoms with van der Waals surface area (Å²) in [6, 6.07) is 10.7. The Morgan fingerprint density at radius 3 is 2.69 bits per heavy atom. The fourth-order valence-electron chi connectivity index (χ4n) is 3.93. The van der Waals surface area contributed by atoms with Gasteiger partial charge in [-0.2, -0.15) is 0 Å². The molecule has 1 aliphatic rings. The number of aromatic nitrogens is 4. The van der Waals surface area contributed by atoms with E-state index in [1.54, 1.807) is 0 Å². The molecule has 0 bridgehead atoms. The fourth-order valence-corrected chi connectivity index (χ4v) is 3.93. The zero-order chi connectivity index (χ0) is 18.4. The van der Waals surface area contributed by atoms with Gasteiger partial charge in [0.1, 0.15) is 6.04 Å². The number of rotatable bonds is 8. The van der Waals surface area contributed by atoms with E-state index in [4.69, 9.17) is 5.73 Å². The number of carbonyl (C=O) groups is 1. The summed E-state index contributed by atoms with van der Waals surface area (Å²) in [5, 5.41) is 12.6. The molecule has 2 aromatic rings. The molecule has 0 radical (unpaired) electrons. The summed E-state index contributed by atoms with van der Waals surface area (Å²) in [5.41, 5.74) is 6.76. The average molecular weight is 357 g/mol. The van der Waals surface area contributed by atoms with Crippen LogP contribution in [-0.2, 0) is 17.8 Å². The minimum atomic E-state index is -0.163. The van der Waals surface area contributed by atoms with Gasteiger partial charge in [-0.1, -0.05) is 43.7 Å². The van der Waals surface area contributed by atoms with Gasteiger partial charge in [-0.3, -0.25) is 4.79 Å². The molecule has 0 unspecified atom stereocenters. The Balaban J connectivity index is 1.69. The van der Waals surface area contributed by atoms with E-state index in [9.17, 15) is 4.79 Å². The molecule has 3 N–H and O–H groups in total. The van der Waals surface area contributed by atoms with Gasteiger partial charge in [-0.15, -0.1) is 5.10 Å². The monoisotopic (exact) mass is 357 g/mol. The van der Waals surface area contributed by atoms with Crippen LogP contribution >= 0.6 is 0 Å². The van der Waals surface area contributed by atoms with E-state index < -0.39 is 0 Å². The quantitative estimate of drug-likeness (QED) is 0.721. The maximum absolute atomic E-state index is 11.4. The number of primary amides is 1. The Bertz CT molecular complexity index is 693. The maximum atomic E-state index is 11.4. The predicted molar refractivity (Wildman–Crippen MR) is 98.2 cm³/mol. The molecule has 0 aliphatic carbocycles. The molecule has 1 fully saturated rings. The number of amides is 1. The van der Waals surface area contributed by atoms with Crippen molar-refractivity contribution in [2.45, 2.75) is 51.6 Å². The van der Waals surface area contributed by atoms with Crippen LogP contribution in [0.5, 0.6) is 0 Å². The van der Waals surface area contributed by atoms with Crippen LogP contribution in [0.3, 0.4) is 0 Å². The third-order valence-electron chi connectivity index (χ3n) is 5.43. The summed E-state index contributed by atoms with van der Waals surface area (Å²) in [5.74, 6) is 0.828. The molecule has 7 nitrogen and oxygen atoms in total. The third-order valence-corrected chi connectivity index (χ3v) is 5.43. The van der Waals surface area contributed by atoms with Gasteiger partial charge >= 0.3 is 0 Å². The number of benzene rings is 1. The number of hydrogen-bond donors (Lipinski definition) is 2. The number of quaternary nitrogens is 1. The van der Waals surface area contributed by atoms with Crippen molar-refractivity contribution in [1.82, 2.24) is 20.2 Å². The summed E-state index contributed by atoms with van der Waals surface area (Å²) in [7, 11) is 0. The normalized spacial score (nSPS) is 21.4. The van der Waals surface area contributed by atoms with E-state index in [2.05, 4.69) is 46.7 Å². The Kier molecular flexibility index (Phi) is 6.33. The number of likely N-dealkylation sites (tertiary alicyclic amines) is 1. The van der Waals surface area contributed by atoms with Crippen molar-refractivity contribution in [2.24, 2.45) is 11.7 Å². The molecule has 0 saturated carbocycles. The summed E-state index contributed by atoms with van der Waals surface area (Å²) >= 11 is 0. The Labute approximate surface area is 154 Å². The van der Waals surface area contributed by atoms with Crippen LogP contribution < -0.4 is 10.6 Å². The number of tetrazole rings is 1. The first-order chi connectivity index (χ1) is 12.7. The number of nitrogens with zero attached hydrogens (tertiary/aromatic N) is 4. The highest BCUT2D eigenvalue weighted by Gasteiger charge is 2.34. The SMILES string of the molecule is CCC[C@@H](c1nnnn1CCc1ccccc1)[NH+]1CCC(C(N)=O)CC1. The molecule has 140 valence electrons. The lowest BCUT2D eigenvalue weighted by molar-refractivity contribution is -0.938. The third kappa shape index (κ3) is 4.46. The molecule has 7 heteroatoms. The van der Waals surface area contributed by atoms with Gasteiger partial charge in [0.25, 0.3) is 0 Å². The maximum Gasteiger partial charge on any atom is 0.220 e. The predicted octanol–water partition coefficient (Wildman–Crippen LogP) is 0.537. The Morgan fingerprint density at radius 2 is 2.04 bits per heavy atom. The Morgan fingerprint density at radius 1 is 1.31 bits per heavy atom. The minimum absolute atomic E-state index is 0.0232. The van der Waals surface area contributed by atoms with Crippen molar-refractivity contribution >= 4 is 5.91 Å². The van der Waals surface area contributed by atoms with E-state index in [1.165, 1.54) is 10.5 Å². The molecule has 2 heterocycles. The molecular formula is C19H29N6O+. The first-order valence-electron chi connectivity index (χ1n) is 9.63. The highest BCUT2D eigenvalue weighted by atomic mass is 16.1. The second-order valence-electron chi connectivity index (χ2n) is 7.17. The number of nitrogens with two attached hydrogens (primary N) is 1. The molecule has 1 atom stereocenters. The lowest BCUT2D eigenvalue weighted by atomic mass is 9.94. The largest absolute Gasteiger partial charge is 0.369 e. The number of piperidine rings is 1. The van der Waals surface area contributed by atoms with Crippen LogP contribution in [0, 0.1) is 5.92 Å². The summed E-state index contributed by atoms with van der Waals surface area (Å²) < 4.78 is 1.96. The van der Waals surface area contributed by atoms with Gasteiger partial charge in [-0.25, -0.2) is 4.68 Å². The summed E-state index contributed by atoms with van der Waals surface area (Å²) in [4.78, 5) is 12.9. The molecule has 3 rings (SSSR count). The molecule has 26 heavy (non-hydrogen) atoms. The van der Waals surface area contributed by atoms with Crippen LogP contribution in [0.1, 0.15) is 50.0 Å². The van der Waals surface area contributed by atoms with Crippen LogP contribution in [0.4, 0.5) is 0 Å². The highest BCUT2D eigenvalue weighted by molar-refractivity contribution is 5.76. The van der Waals surface area contributed by atoms with Crippen LogP contribution in [0.2, 0.25) is 0 Å². The van der Waals surface area contributed by atoms with Gasteiger partial charge in [0.05, 0.1) is 13.1 Å². The van der Waals surface area contributed by atoms with Crippen molar-refractivity contribution < 1.29 is 9.69 Å². The van der Waals surface area contributed by atoms with Crippen molar-refractivity contribution in [3.63, 3.8) is 0 Å². The molecular weight excluding hydrogens is 328 g/mol. The first-order valence-corrected chi connectivity index (χ1v) is 9.63. The van der Waals surface area contributed by atoms with Gasteiger partial charge in [0, 0.05) is 31.7 Å². The van der Waals surface area contributed by atoms with E-state index in [1.807, 2.05) is 10.7 Å². The standard InChI is InChI=1S/C19H28N6O/c1-2-6-17(24-12-10-16(11-13-24)18(20)26)19-21-22-23-25(19)14-9-15-7-4-3-5-8-15/h3-5,7-8,16-17H,2,6,9-14H2,1H3,(H2,20,26)/p+1/t17-/m0/s1. The lowest BCUT2D eigenvalue weighted by Gasteiger charge is -2.33.